The lowest BCUT2D eigenvalue weighted by molar-refractivity contribution is 0.151. The summed E-state index contributed by atoms with van der Waals surface area (Å²) >= 11 is 0. The Kier molecular flexibility index (Phi) is 4.27. The van der Waals surface area contributed by atoms with Gasteiger partial charge in [0.1, 0.15) is 0 Å². The molecule has 0 spiro atoms. The summed E-state index contributed by atoms with van der Waals surface area (Å²) in [5, 5.41) is 3.59. The molecule has 0 aromatic heterocycles. The molecular weight excluding hydrogens is 246 g/mol. The van der Waals surface area contributed by atoms with Gasteiger partial charge in [-0.15, -0.1) is 0 Å². The van der Waals surface area contributed by atoms with Gasteiger partial charge in [-0.1, -0.05) is 18.2 Å². The van der Waals surface area contributed by atoms with Crippen molar-refractivity contribution in [1.29, 1.82) is 0 Å². The lowest BCUT2D eigenvalue weighted by atomic mass is 9.94. The van der Waals surface area contributed by atoms with Gasteiger partial charge in [0.25, 0.3) is 0 Å². The van der Waals surface area contributed by atoms with E-state index in [4.69, 9.17) is 0 Å². The summed E-state index contributed by atoms with van der Waals surface area (Å²) < 4.78 is 0. The second kappa shape index (κ2) is 6.15. The number of anilines is 1. The molecule has 20 heavy (non-hydrogen) atoms. The minimum Gasteiger partial charge on any atom is -0.383 e. The van der Waals surface area contributed by atoms with Crippen molar-refractivity contribution in [3.63, 3.8) is 0 Å². The van der Waals surface area contributed by atoms with Crippen molar-refractivity contribution in [2.45, 2.75) is 25.3 Å². The molecule has 110 valence electrons. The minimum atomic E-state index is 0.643. The zero-order chi connectivity index (χ0) is 13.9. The Hall–Kier alpha value is -1.06. The van der Waals surface area contributed by atoms with Crippen molar-refractivity contribution in [1.82, 2.24) is 9.80 Å². The zero-order valence-electron chi connectivity index (χ0n) is 12.8. The molecular formula is C17H27N3. The standard InChI is InChI=1S/C17H27N3/c1-19-9-7-14(8-10-19)13-20(2)16-11-15-5-3-4-6-17(15)18-12-16/h3-6,14,16,18H,7-13H2,1-2H3. The number of likely N-dealkylation sites (tertiary alicyclic amines) is 1. The van der Waals surface area contributed by atoms with Crippen LogP contribution in [0.15, 0.2) is 24.3 Å². The van der Waals surface area contributed by atoms with E-state index < -0.39 is 0 Å². The van der Waals surface area contributed by atoms with E-state index in [2.05, 4.69) is 53.5 Å². The van der Waals surface area contributed by atoms with E-state index in [1.54, 1.807) is 0 Å². The van der Waals surface area contributed by atoms with Crippen LogP contribution in [-0.2, 0) is 6.42 Å². The molecule has 0 amide bonds. The molecule has 1 fully saturated rings. The van der Waals surface area contributed by atoms with E-state index in [9.17, 15) is 0 Å². The first-order valence-corrected chi connectivity index (χ1v) is 7.93. The molecule has 2 aliphatic heterocycles. The molecule has 3 rings (SSSR count). The van der Waals surface area contributed by atoms with Gasteiger partial charge < -0.3 is 15.1 Å². The normalized spacial score (nSPS) is 24.4. The van der Waals surface area contributed by atoms with Gasteiger partial charge in [0, 0.05) is 24.8 Å². The van der Waals surface area contributed by atoms with Crippen LogP contribution >= 0.6 is 0 Å². The van der Waals surface area contributed by atoms with Crippen LogP contribution in [0.25, 0.3) is 0 Å². The number of hydrogen-bond acceptors (Lipinski definition) is 3. The van der Waals surface area contributed by atoms with Crippen LogP contribution in [0.5, 0.6) is 0 Å². The first-order valence-electron chi connectivity index (χ1n) is 7.93. The third kappa shape index (κ3) is 3.15. The van der Waals surface area contributed by atoms with Gasteiger partial charge in [0.2, 0.25) is 0 Å². The SMILES string of the molecule is CN1CCC(CN(C)C2CNc3ccccc3C2)CC1. The van der Waals surface area contributed by atoms with Crippen molar-refractivity contribution in [3.05, 3.63) is 29.8 Å². The highest BCUT2D eigenvalue weighted by molar-refractivity contribution is 5.53. The Balaban J connectivity index is 1.55. The number of likely N-dealkylation sites (N-methyl/N-ethyl adjacent to an activating group) is 1. The van der Waals surface area contributed by atoms with E-state index in [0.29, 0.717) is 6.04 Å². The molecule has 0 radical (unpaired) electrons. The Labute approximate surface area is 123 Å². The maximum Gasteiger partial charge on any atom is 0.0373 e. The maximum atomic E-state index is 3.59. The Morgan fingerprint density at radius 3 is 2.80 bits per heavy atom. The van der Waals surface area contributed by atoms with Crippen LogP contribution in [-0.4, -0.2) is 56.1 Å². The van der Waals surface area contributed by atoms with Crippen molar-refractivity contribution in [2.75, 3.05) is 45.6 Å². The van der Waals surface area contributed by atoms with E-state index in [1.165, 1.54) is 50.1 Å². The number of rotatable bonds is 3. The van der Waals surface area contributed by atoms with Crippen molar-refractivity contribution < 1.29 is 0 Å². The van der Waals surface area contributed by atoms with Gasteiger partial charge in [-0.05, 0) is 64.0 Å². The first kappa shape index (κ1) is 13.9. The van der Waals surface area contributed by atoms with Crippen LogP contribution in [0, 0.1) is 5.92 Å². The van der Waals surface area contributed by atoms with Gasteiger partial charge in [-0.25, -0.2) is 0 Å². The smallest absolute Gasteiger partial charge is 0.0373 e. The van der Waals surface area contributed by atoms with Crippen LogP contribution in [0.2, 0.25) is 0 Å². The fraction of sp³-hybridized carbons (Fsp3) is 0.647. The van der Waals surface area contributed by atoms with E-state index in [-0.39, 0.29) is 0 Å². The Bertz CT molecular complexity index is 438. The van der Waals surface area contributed by atoms with Crippen LogP contribution < -0.4 is 5.32 Å². The quantitative estimate of drug-likeness (QED) is 0.911. The summed E-state index contributed by atoms with van der Waals surface area (Å²) in [7, 11) is 4.54. The summed E-state index contributed by atoms with van der Waals surface area (Å²) in [4.78, 5) is 5.04. The largest absolute Gasteiger partial charge is 0.383 e. The molecule has 1 aromatic carbocycles. The fourth-order valence-corrected chi connectivity index (χ4v) is 3.54. The van der Waals surface area contributed by atoms with Gasteiger partial charge >= 0.3 is 0 Å². The molecule has 3 nitrogen and oxygen atoms in total. The highest BCUT2D eigenvalue weighted by Gasteiger charge is 2.24. The summed E-state index contributed by atoms with van der Waals surface area (Å²) in [6.07, 6.45) is 3.90. The maximum absolute atomic E-state index is 3.59. The topological polar surface area (TPSA) is 18.5 Å². The number of benzene rings is 1. The second-order valence-electron chi connectivity index (χ2n) is 6.58. The number of fused-ring (bicyclic) bond motifs is 1. The highest BCUT2D eigenvalue weighted by atomic mass is 15.2. The van der Waals surface area contributed by atoms with Gasteiger partial charge in [0.05, 0.1) is 0 Å². The summed E-state index contributed by atoms with van der Waals surface area (Å²) in [6, 6.07) is 9.37. The number of para-hydroxylation sites is 1. The molecule has 0 saturated carbocycles. The average Bonchev–Trinajstić information content (AvgIpc) is 2.49. The van der Waals surface area contributed by atoms with Gasteiger partial charge in [-0.3, -0.25) is 0 Å². The molecule has 1 saturated heterocycles. The summed E-state index contributed by atoms with van der Waals surface area (Å²) in [5.74, 6) is 0.883. The van der Waals surface area contributed by atoms with Crippen LogP contribution in [0.1, 0.15) is 18.4 Å². The van der Waals surface area contributed by atoms with E-state index >= 15 is 0 Å². The molecule has 1 aromatic rings. The monoisotopic (exact) mass is 273 g/mol. The van der Waals surface area contributed by atoms with Gasteiger partial charge in [0.15, 0.2) is 0 Å². The first-order chi connectivity index (χ1) is 9.72. The van der Waals surface area contributed by atoms with Crippen LogP contribution in [0.3, 0.4) is 0 Å². The molecule has 3 heteroatoms. The number of hydrogen-bond donors (Lipinski definition) is 1. The van der Waals surface area contributed by atoms with Crippen LogP contribution in [0.4, 0.5) is 5.69 Å². The Morgan fingerprint density at radius 2 is 2.00 bits per heavy atom. The van der Waals surface area contributed by atoms with Gasteiger partial charge in [-0.2, -0.15) is 0 Å². The minimum absolute atomic E-state index is 0.643. The molecule has 0 bridgehead atoms. The fourth-order valence-electron chi connectivity index (χ4n) is 3.54. The van der Waals surface area contributed by atoms with Crippen molar-refractivity contribution >= 4 is 5.69 Å². The highest BCUT2D eigenvalue weighted by Crippen LogP contribution is 2.24. The third-order valence-corrected chi connectivity index (χ3v) is 5.01. The molecule has 2 aliphatic rings. The van der Waals surface area contributed by atoms with Crippen molar-refractivity contribution in [2.24, 2.45) is 5.92 Å². The predicted molar refractivity (Wildman–Crippen MR) is 85.3 cm³/mol. The lowest BCUT2D eigenvalue weighted by Crippen LogP contribution is -2.45. The second-order valence-corrected chi connectivity index (χ2v) is 6.58. The summed E-state index contributed by atoms with van der Waals surface area (Å²) in [6.45, 7) is 4.87. The molecule has 1 atom stereocenters. The van der Waals surface area contributed by atoms with Crippen molar-refractivity contribution in [3.8, 4) is 0 Å². The van der Waals surface area contributed by atoms with E-state index in [0.717, 1.165) is 12.5 Å². The third-order valence-electron chi connectivity index (χ3n) is 5.01. The summed E-state index contributed by atoms with van der Waals surface area (Å²) in [5.41, 5.74) is 2.80. The number of nitrogens with zero attached hydrogens (tertiary/aromatic N) is 2. The molecule has 1 unspecified atom stereocenters. The molecule has 2 heterocycles. The predicted octanol–water partition coefficient (Wildman–Crippen LogP) is 2.30. The zero-order valence-corrected chi connectivity index (χ0v) is 12.8. The number of nitrogens with one attached hydrogen (secondary N) is 1. The molecule has 0 aliphatic carbocycles. The van der Waals surface area contributed by atoms with E-state index in [1.807, 2.05) is 0 Å². The average molecular weight is 273 g/mol. The molecule has 1 N–H and O–H groups in total. The number of piperidine rings is 1. The lowest BCUT2D eigenvalue weighted by Gasteiger charge is -2.37. The Morgan fingerprint density at radius 1 is 1.25 bits per heavy atom.